The van der Waals surface area contributed by atoms with E-state index >= 15 is 0 Å². The number of fused-ring (bicyclic) bond motifs is 1. The molecule has 0 spiro atoms. The summed E-state index contributed by atoms with van der Waals surface area (Å²) >= 11 is 3.26. The molecule has 0 amide bonds. The summed E-state index contributed by atoms with van der Waals surface area (Å²) in [5.74, 6) is 1.32. The quantitative estimate of drug-likeness (QED) is 0.249. The lowest BCUT2D eigenvalue weighted by Gasteiger charge is -2.26. The number of hydrogen-bond donors (Lipinski definition) is 2. The van der Waals surface area contributed by atoms with Crippen molar-refractivity contribution in [2.45, 2.75) is 76.5 Å². The van der Waals surface area contributed by atoms with Crippen LogP contribution in [0.1, 0.15) is 64.0 Å². The van der Waals surface area contributed by atoms with Crippen LogP contribution in [0.2, 0.25) is 0 Å². The van der Waals surface area contributed by atoms with Gasteiger partial charge in [0.05, 0.1) is 6.33 Å². The molecule has 0 aliphatic carbocycles. The summed E-state index contributed by atoms with van der Waals surface area (Å²) in [7, 11) is 0. The van der Waals surface area contributed by atoms with E-state index in [9.17, 15) is 9.59 Å². The van der Waals surface area contributed by atoms with Crippen LogP contribution in [0.3, 0.4) is 0 Å². The fourth-order valence-corrected chi connectivity index (χ4v) is 5.69. The molecule has 2 N–H and O–H groups in total. The number of halogens is 1. The maximum atomic E-state index is 11.5. The predicted molar refractivity (Wildman–Crippen MR) is 151 cm³/mol. The number of rotatable bonds is 14. The van der Waals surface area contributed by atoms with Crippen molar-refractivity contribution in [1.29, 1.82) is 0 Å². The van der Waals surface area contributed by atoms with E-state index < -0.39 is 24.5 Å². The van der Waals surface area contributed by atoms with Crippen LogP contribution in [0.5, 0.6) is 0 Å². The van der Waals surface area contributed by atoms with Crippen LogP contribution in [0.15, 0.2) is 21.5 Å². The van der Waals surface area contributed by atoms with E-state index in [0.717, 1.165) is 32.5 Å². The summed E-state index contributed by atoms with van der Waals surface area (Å²) in [4.78, 5) is 39.6. The van der Waals surface area contributed by atoms with Gasteiger partial charge in [0.25, 0.3) is 12.9 Å². The van der Waals surface area contributed by atoms with E-state index in [4.69, 9.17) is 28.7 Å². The fourth-order valence-electron chi connectivity index (χ4n) is 5.39. The van der Waals surface area contributed by atoms with Gasteiger partial charge in [0.1, 0.15) is 4.60 Å². The minimum absolute atomic E-state index is 0.188. The zero-order chi connectivity index (χ0) is 28.8. The van der Waals surface area contributed by atoms with E-state index in [2.05, 4.69) is 55.5 Å². The number of imidazole rings is 1. The Morgan fingerprint density at radius 3 is 2.56 bits per heavy atom. The first-order valence-electron chi connectivity index (χ1n) is 14.0. The number of nitrogens with one attached hydrogen (secondary N) is 2. The molecule has 5 heterocycles. The normalized spacial score (nSPS) is 23.1. The molecule has 0 radical (unpaired) electrons. The zero-order valence-electron chi connectivity index (χ0n) is 23.1. The molecule has 2 aliphatic rings. The first kappa shape index (κ1) is 29.2. The third-order valence-corrected chi connectivity index (χ3v) is 7.95. The summed E-state index contributed by atoms with van der Waals surface area (Å²) in [6, 6.07) is 1.79. The van der Waals surface area contributed by atoms with Crippen molar-refractivity contribution >= 4 is 51.8 Å². The molecule has 0 unspecified atom stereocenters. The number of piperidine rings is 1. The molecule has 2 saturated heterocycles. The van der Waals surface area contributed by atoms with Gasteiger partial charge in [-0.3, -0.25) is 14.2 Å². The standard InChI is InChI=1S/C26H35BrN8O6/c1-3-16(4-2)30-23-19-24(32-26(31-23)28-8-11-34-9-6-5-7-10-34)35(13-29-19)25-22(39-15-37)21(38-14-36)20(40-25)17-12-18(27)33-41-17/h12-16,20-22,25H,3-11H2,1-2H3,(H2,28,30,31,32)/t20-,21-,22-,25-/m1/s1. The number of anilines is 2. The average molecular weight is 636 g/mol. The molecule has 2 fully saturated rings. The molecular weight excluding hydrogens is 600 g/mol. The SMILES string of the molecule is CCC(CC)Nc1nc(NCCN2CCCCC2)nc2c1ncn2[C@@H]1O[C@H](c2cc(Br)no2)[C@@H](OC=O)[C@H]1OC=O. The number of ether oxygens (including phenoxy) is 3. The monoisotopic (exact) mass is 634 g/mol. The van der Waals surface area contributed by atoms with Crippen LogP contribution in [-0.2, 0) is 23.8 Å². The van der Waals surface area contributed by atoms with Gasteiger partial charge in [0.2, 0.25) is 5.95 Å². The second-order valence-electron chi connectivity index (χ2n) is 10.1. The maximum Gasteiger partial charge on any atom is 0.293 e. The van der Waals surface area contributed by atoms with Crippen molar-refractivity contribution in [3.05, 3.63) is 22.8 Å². The minimum atomic E-state index is -1.02. The number of aromatic nitrogens is 5. The highest BCUT2D eigenvalue weighted by atomic mass is 79.9. The van der Waals surface area contributed by atoms with Crippen molar-refractivity contribution in [3.63, 3.8) is 0 Å². The van der Waals surface area contributed by atoms with Gasteiger partial charge in [0.15, 0.2) is 47.3 Å². The highest BCUT2D eigenvalue weighted by molar-refractivity contribution is 9.10. The third kappa shape index (κ3) is 6.46. The average Bonchev–Trinajstić information content (AvgIpc) is 3.70. The lowest BCUT2D eigenvalue weighted by molar-refractivity contribution is -0.151. The van der Waals surface area contributed by atoms with Crippen LogP contribution in [-0.4, -0.2) is 86.9 Å². The second-order valence-corrected chi connectivity index (χ2v) is 10.9. The Kier molecular flexibility index (Phi) is 9.67. The van der Waals surface area contributed by atoms with Gasteiger partial charge in [-0.25, -0.2) is 4.98 Å². The Hall–Kier alpha value is -3.30. The molecule has 0 saturated carbocycles. The van der Waals surface area contributed by atoms with Crippen LogP contribution >= 0.6 is 15.9 Å². The van der Waals surface area contributed by atoms with Gasteiger partial charge in [0, 0.05) is 25.2 Å². The molecule has 222 valence electrons. The van der Waals surface area contributed by atoms with E-state index in [1.807, 2.05) is 0 Å². The van der Waals surface area contributed by atoms with Crippen LogP contribution in [0, 0.1) is 0 Å². The Bertz CT molecular complexity index is 1310. The molecule has 15 heteroatoms. The van der Waals surface area contributed by atoms with E-state index in [-0.39, 0.29) is 12.5 Å². The van der Waals surface area contributed by atoms with Gasteiger partial charge in [-0.1, -0.05) is 25.4 Å². The Labute approximate surface area is 245 Å². The fraction of sp³-hybridized carbons (Fsp3) is 0.615. The summed E-state index contributed by atoms with van der Waals surface area (Å²) in [6.07, 6.45) is 3.20. The number of likely N-dealkylation sites (tertiary alicyclic amines) is 1. The Morgan fingerprint density at radius 1 is 1.12 bits per heavy atom. The van der Waals surface area contributed by atoms with Crippen molar-refractivity contribution in [3.8, 4) is 0 Å². The molecule has 0 bridgehead atoms. The molecule has 4 atom stereocenters. The summed E-state index contributed by atoms with van der Waals surface area (Å²) < 4.78 is 24.5. The lowest BCUT2D eigenvalue weighted by atomic mass is 10.1. The van der Waals surface area contributed by atoms with E-state index in [1.54, 1.807) is 17.0 Å². The minimum Gasteiger partial charge on any atom is -0.457 e. The van der Waals surface area contributed by atoms with Crippen molar-refractivity contribution < 1.29 is 28.3 Å². The summed E-state index contributed by atoms with van der Waals surface area (Å²) in [5, 5.41) is 10.7. The smallest absolute Gasteiger partial charge is 0.293 e. The van der Waals surface area contributed by atoms with E-state index in [1.165, 1.54) is 19.3 Å². The largest absolute Gasteiger partial charge is 0.457 e. The lowest BCUT2D eigenvalue weighted by Crippen LogP contribution is -2.34. The highest BCUT2D eigenvalue weighted by Gasteiger charge is 2.51. The van der Waals surface area contributed by atoms with Crippen LogP contribution < -0.4 is 10.6 Å². The van der Waals surface area contributed by atoms with Crippen molar-refractivity contribution in [2.24, 2.45) is 0 Å². The van der Waals surface area contributed by atoms with Gasteiger partial charge in [-0.15, -0.1) is 0 Å². The number of carbonyl (C=O) groups is 2. The van der Waals surface area contributed by atoms with Crippen molar-refractivity contribution in [1.82, 2.24) is 29.6 Å². The molecule has 3 aromatic heterocycles. The molecule has 2 aliphatic heterocycles. The van der Waals surface area contributed by atoms with E-state index in [0.29, 0.717) is 46.3 Å². The molecule has 41 heavy (non-hydrogen) atoms. The maximum absolute atomic E-state index is 11.5. The van der Waals surface area contributed by atoms with Crippen LogP contribution in [0.25, 0.3) is 11.2 Å². The molecule has 0 aromatic carbocycles. The second kappa shape index (κ2) is 13.6. The first-order chi connectivity index (χ1) is 20.1. The van der Waals surface area contributed by atoms with Crippen molar-refractivity contribution in [2.75, 3.05) is 36.8 Å². The number of nitrogens with zero attached hydrogens (tertiary/aromatic N) is 6. The predicted octanol–water partition coefficient (Wildman–Crippen LogP) is 3.43. The summed E-state index contributed by atoms with van der Waals surface area (Å²) in [6.45, 7) is 8.56. The third-order valence-electron chi connectivity index (χ3n) is 7.58. The van der Waals surface area contributed by atoms with Gasteiger partial charge < -0.3 is 34.3 Å². The van der Waals surface area contributed by atoms with Gasteiger partial charge >= 0.3 is 0 Å². The topological polar surface area (TPSA) is 159 Å². The zero-order valence-corrected chi connectivity index (χ0v) is 24.7. The number of hydrogen-bond acceptors (Lipinski definition) is 13. The molecular formula is C26H35BrN8O6. The molecule has 3 aromatic rings. The molecule has 14 nitrogen and oxygen atoms in total. The van der Waals surface area contributed by atoms with Gasteiger partial charge in [-0.2, -0.15) is 9.97 Å². The van der Waals surface area contributed by atoms with Gasteiger partial charge in [-0.05, 0) is 54.7 Å². The Morgan fingerprint density at radius 2 is 1.88 bits per heavy atom. The van der Waals surface area contributed by atoms with Crippen LogP contribution in [0.4, 0.5) is 11.8 Å². The number of carbonyl (C=O) groups excluding carboxylic acids is 2. The molecule has 5 rings (SSSR count). The summed E-state index contributed by atoms with van der Waals surface area (Å²) in [5.41, 5.74) is 0.994. The first-order valence-corrected chi connectivity index (χ1v) is 14.8. The highest BCUT2D eigenvalue weighted by Crippen LogP contribution is 2.43. The Balaban J connectivity index is 1.49.